The number of nitrogens with two attached hydrogens (primary N) is 1. The minimum absolute atomic E-state index is 0.0823. The molecule has 1 aliphatic rings. The zero-order valence-electron chi connectivity index (χ0n) is 17.1. The first-order valence-electron chi connectivity index (χ1n) is 9.95. The molecule has 2 aromatic carbocycles. The van der Waals surface area contributed by atoms with E-state index in [1.54, 1.807) is 48.5 Å². The number of thioether (sulfide) groups is 1. The summed E-state index contributed by atoms with van der Waals surface area (Å²) < 4.78 is 0. The molecule has 0 radical (unpaired) electrons. The average molecular weight is 454 g/mol. The van der Waals surface area contributed by atoms with E-state index in [1.807, 2.05) is 6.08 Å². The second-order valence-corrected chi connectivity index (χ2v) is 8.31. The molecule has 2 aromatic rings. The molecule has 2 atom stereocenters. The molecule has 3 rings (SSSR count). The minimum Gasteiger partial charge on any atom is -0.481 e. The van der Waals surface area contributed by atoms with Gasteiger partial charge >= 0.3 is 5.97 Å². The number of allylic oxidation sites excluding steroid dienone is 2. The predicted octanol–water partition coefficient (Wildman–Crippen LogP) is 3.12. The van der Waals surface area contributed by atoms with E-state index in [9.17, 15) is 24.3 Å². The first kappa shape index (κ1) is 23.1. The lowest BCUT2D eigenvalue weighted by Crippen LogP contribution is -2.34. The number of carboxylic acids is 1. The number of para-hydroxylation sites is 1. The predicted molar refractivity (Wildman–Crippen MR) is 122 cm³/mol. The van der Waals surface area contributed by atoms with Gasteiger partial charge in [-0.05, 0) is 43.2 Å². The highest BCUT2D eigenvalue weighted by Crippen LogP contribution is 2.28. The normalized spacial score (nSPS) is 17.4. The fourth-order valence-corrected chi connectivity index (χ4v) is 4.17. The van der Waals surface area contributed by atoms with Crippen LogP contribution in [0.1, 0.15) is 23.2 Å². The van der Waals surface area contributed by atoms with E-state index >= 15 is 0 Å². The summed E-state index contributed by atoms with van der Waals surface area (Å²) in [5, 5.41) is 14.8. The quantitative estimate of drug-likeness (QED) is 0.358. The van der Waals surface area contributed by atoms with Gasteiger partial charge in [0, 0.05) is 10.6 Å². The third kappa shape index (κ3) is 5.98. The Morgan fingerprint density at radius 2 is 1.69 bits per heavy atom. The van der Waals surface area contributed by atoms with Gasteiger partial charge in [0.05, 0.1) is 28.8 Å². The number of amides is 3. The van der Waals surface area contributed by atoms with Crippen LogP contribution in [-0.2, 0) is 14.4 Å². The molecule has 0 saturated heterocycles. The van der Waals surface area contributed by atoms with Crippen LogP contribution in [0, 0.1) is 11.8 Å². The molecule has 0 heterocycles. The van der Waals surface area contributed by atoms with Gasteiger partial charge in [0.1, 0.15) is 0 Å². The number of rotatable bonds is 8. The fraction of sp³-hybridized carbons (Fsp3) is 0.217. The van der Waals surface area contributed by atoms with Gasteiger partial charge in [-0.1, -0.05) is 30.4 Å². The van der Waals surface area contributed by atoms with Crippen LogP contribution < -0.4 is 16.4 Å². The lowest BCUT2D eigenvalue weighted by atomic mass is 9.82. The summed E-state index contributed by atoms with van der Waals surface area (Å²) >= 11 is 1.26. The summed E-state index contributed by atoms with van der Waals surface area (Å²) in [7, 11) is 0. The second kappa shape index (κ2) is 10.6. The number of carbonyl (C=O) groups excluding carboxylic acids is 3. The lowest BCUT2D eigenvalue weighted by molar-refractivity contribution is -0.146. The molecule has 0 fully saturated rings. The van der Waals surface area contributed by atoms with Crippen molar-refractivity contribution in [2.75, 3.05) is 16.4 Å². The van der Waals surface area contributed by atoms with Crippen LogP contribution in [0.5, 0.6) is 0 Å². The molecule has 0 bridgehead atoms. The van der Waals surface area contributed by atoms with Crippen LogP contribution in [0.4, 0.5) is 11.4 Å². The van der Waals surface area contributed by atoms with E-state index in [-0.39, 0.29) is 23.1 Å². The Kier molecular flexibility index (Phi) is 7.67. The highest BCUT2D eigenvalue weighted by Gasteiger charge is 2.33. The molecular weight excluding hydrogens is 430 g/mol. The average Bonchev–Trinajstić information content (AvgIpc) is 2.78. The van der Waals surface area contributed by atoms with Crippen LogP contribution in [0.15, 0.2) is 65.6 Å². The molecule has 0 aromatic heterocycles. The van der Waals surface area contributed by atoms with Crippen LogP contribution >= 0.6 is 11.8 Å². The maximum Gasteiger partial charge on any atom is 0.307 e. The maximum atomic E-state index is 12.6. The molecule has 0 spiro atoms. The zero-order chi connectivity index (χ0) is 23.1. The Bertz CT molecular complexity index is 1070. The maximum absolute atomic E-state index is 12.6. The largest absolute Gasteiger partial charge is 0.481 e. The SMILES string of the molecule is NC(=O)c1ccccc1NC(=O)CSc1cccc(NC(=O)C2CC=CCC2C(=O)O)c1. The van der Waals surface area contributed by atoms with Crippen molar-refractivity contribution in [2.24, 2.45) is 17.6 Å². The topological polar surface area (TPSA) is 139 Å². The summed E-state index contributed by atoms with van der Waals surface area (Å²) in [6.07, 6.45) is 4.32. The molecule has 1 aliphatic carbocycles. The van der Waals surface area contributed by atoms with Crippen LogP contribution in [0.25, 0.3) is 0 Å². The molecule has 9 heteroatoms. The molecule has 3 amide bonds. The van der Waals surface area contributed by atoms with E-state index in [0.29, 0.717) is 24.2 Å². The van der Waals surface area contributed by atoms with E-state index in [4.69, 9.17) is 5.73 Å². The number of carboxylic acid groups (broad SMARTS) is 1. The van der Waals surface area contributed by atoms with Crippen molar-refractivity contribution in [1.29, 1.82) is 0 Å². The van der Waals surface area contributed by atoms with E-state index < -0.39 is 23.7 Å². The Balaban J connectivity index is 1.59. The number of carbonyl (C=O) groups is 4. The van der Waals surface area contributed by atoms with Gasteiger partial charge in [-0.25, -0.2) is 0 Å². The molecule has 5 N–H and O–H groups in total. The summed E-state index contributed by atoms with van der Waals surface area (Å²) in [5.74, 6) is -3.56. The monoisotopic (exact) mass is 453 g/mol. The lowest BCUT2D eigenvalue weighted by Gasteiger charge is -2.24. The number of primary amides is 1. The molecule has 166 valence electrons. The molecule has 0 aliphatic heterocycles. The van der Waals surface area contributed by atoms with Crippen LogP contribution in [-0.4, -0.2) is 34.6 Å². The number of hydrogen-bond donors (Lipinski definition) is 4. The Morgan fingerprint density at radius 3 is 2.41 bits per heavy atom. The van der Waals surface area contributed by atoms with E-state index in [2.05, 4.69) is 10.6 Å². The first-order chi connectivity index (χ1) is 15.3. The van der Waals surface area contributed by atoms with Gasteiger partial charge in [-0.15, -0.1) is 11.8 Å². The van der Waals surface area contributed by atoms with Crippen molar-refractivity contribution < 1.29 is 24.3 Å². The zero-order valence-corrected chi connectivity index (χ0v) is 17.9. The fourth-order valence-electron chi connectivity index (χ4n) is 3.42. The molecule has 8 nitrogen and oxygen atoms in total. The highest BCUT2D eigenvalue weighted by molar-refractivity contribution is 8.00. The first-order valence-corrected chi connectivity index (χ1v) is 10.9. The van der Waals surface area contributed by atoms with Gasteiger partial charge in [0.15, 0.2) is 0 Å². The van der Waals surface area contributed by atoms with Crippen molar-refractivity contribution >= 4 is 46.8 Å². The Labute approximate surface area is 189 Å². The van der Waals surface area contributed by atoms with Gasteiger partial charge in [0.2, 0.25) is 11.8 Å². The van der Waals surface area contributed by atoms with Crippen LogP contribution in [0.3, 0.4) is 0 Å². The van der Waals surface area contributed by atoms with E-state index in [1.165, 1.54) is 17.8 Å². The van der Waals surface area contributed by atoms with E-state index in [0.717, 1.165) is 4.90 Å². The van der Waals surface area contributed by atoms with Gasteiger partial charge < -0.3 is 21.5 Å². The van der Waals surface area contributed by atoms with Gasteiger partial charge in [-0.3, -0.25) is 19.2 Å². The van der Waals surface area contributed by atoms with Crippen molar-refractivity contribution in [3.63, 3.8) is 0 Å². The molecule has 2 unspecified atom stereocenters. The molecular formula is C23H23N3O5S. The molecule has 0 saturated carbocycles. The number of nitrogens with one attached hydrogen (secondary N) is 2. The number of anilines is 2. The van der Waals surface area contributed by atoms with Gasteiger partial charge in [0.25, 0.3) is 5.91 Å². The second-order valence-electron chi connectivity index (χ2n) is 7.26. The third-order valence-electron chi connectivity index (χ3n) is 5.02. The summed E-state index contributed by atoms with van der Waals surface area (Å²) in [5.41, 5.74) is 6.43. The summed E-state index contributed by atoms with van der Waals surface area (Å²) in [6, 6.07) is 13.5. The van der Waals surface area contributed by atoms with Gasteiger partial charge in [-0.2, -0.15) is 0 Å². The highest BCUT2D eigenvalue weighted by atomic mass is 32.2. The summed E-state index contributed by atoms with van der Waals surface area (Å²) in [4.78, 5) is 48.6. The van der Waals surface area contributed by atoms with Crippen LogP contribution in [0.2, 0.25) is 0 Å². The number of aliphatic carboxylic acids is 1. The Morgan fingerprint density at radius 1 is 0.969 bits per heavy atom. The standard InChI is InChI=1S/C23H23N3O5S/c24-21(28)18-10-3-4-11-19(18)26-20(27)13-32-15-7-5-6-14(12-15)25-22(29)16-8-1-2-9-17(16)23(30)31/h1-7,10-12,16-17H,8-9,13H2,(H2,24,28)(H,25,29)(H,26,27)(H,30,31). The number of benzene rings is 2. The Hall–Kier alpha value is -3.59. The van der Waals surface area contributed by atoms with Crippen molar-refractivity contribution in [2.45, 2.75) is 17.7 Å². The van der Waals surface area contributed by atoms with Crippen molar-refractivity contribution in [3.8, 4) is 0 Å². The third-order valence-corrected chi connectivity index (χ3v) is 6.02. The minimum atomic E-state index is -0.984. The molecule has 32 heavy (non-hydrogen) atoms. The number of hydrogen-bond acceptors (Lipinski definition) is 5. The smallest absolute Gasteiger partial charge is 0.307 e. The summed E-state index contributed by atoms with van der Waals surface area (Å²) in [6.45, 7) is 0. The van der Waals surface area contributed by atoms with Crippen molar-refractivity contribution in [1.82, 2.24) is 0 Å². The van der Waals surface area contributed by atoms with Crippen molar-refractivity contribution in [3.05, 3.63) is 66.2 Å².